The highest BCUT2D eigenvalue weighted by molar-refractivity contribution is 5.87. The third-order valence-electron chi connectivity index (χ3n) is 5.75. The van der Waals surface area contributed by atoms with Gasteiger partial charge in [0.15, 0.2) is 0 Å². The zero-order chi connectivity index (χ0) is 23.2. The maximum Gasteiger partial charge on any atom is 0.330 e. The van der Waals surface area contributed by atoms with Crippen molar-refractivity contribution in [3.63, 3.8) is 0 Å². The van der Waals surface area contributed by atoms with Gasteiger partial charge in [-0.3, -0.25) is 0 Å². The standard InChI is InChI=1S/C30H27NO2/c1-22-9-15-29(21-23(22)2)31(27-16-10-24(11-17-27)12-20-30(32)33-3)28-18-13-26(14-19-28)25-7-5-4-6-8-25/h4-21H,1-3H3/b20-12+. The van der Waals surface area contributed by atoms with Gasteiger partial charge in [0, 0.05) is 23.1 Å². The molecule has 0 amide bonds. The zero-order valence-electron chi connectivity index (χ0n) is 19.2. The number of hydrogen-bond donors (Lipinski definition) is 0. The Kier molecular flexibility index (Phi) is 6.70. The van der Waals surface area contributed by atoms with Crippen LogP contribution in [0.4, 0.5) is 17.1 Å². The molecule has 0 aliphatic carbocycles. The summed E-state index contributed by atoms with van der Waals surface area (Å²) >= 11 is 0. The van der Waals surface area contributed by atoms with Gasteiger partial charge in [-0.05, 0) is 84.1 Å². The van der Waals surface area contributed by atoms with Gasteiger partial charge in [-0.25, -0.2) is 4.79 Å². The summed E-state index contributed by atoms with van der Waals surface area (Å²) in [5, 5.41) is 0. The number of methoxy groups -OCH3 is 1. The van der Waals surface area contributed by atoms with Crippen molar-refractivity contribution in [2.75, 3.05) is 12.0 Å². The molecule has 0 unspecified atom stereocenters. The number of carbonyl (C=O) groups excluding carboxylic acids is 1. The first kappa shape index (κ1) is 22.1. The van der Waals surface area contributed by atoms with Crippen LogP contribution in [0.3, 0.4) is 0 Å². The molecule has 3 heteroatoms. The molecule has 0 saturated carbocycles. The van der Waals surface area contributed by atoms with Crippen LogP contribution in [0, 0.1) is 13.8 Å². The fourth-order valence-electron chi connectivity index (χ4n) is 3.71. The highest BCUT2D eigenvalue weighted by Crippen LogP contribution is 2.36. The van der Waals surface area contributed by atoms with Crippen LogP contribution in [-0.4, -0.2) is 13.1 Å². The lowest BCUT2D eigenvalue weighted by Crippen LogP contribution is -2.10. The van der Waals surface area contributed by atoms with E-state index in [-0.39, 0.29) is 5.97 Å². The SMILES string of the molecule is COC(=O)/C=C/c1ccc(N(c2ccc(-c3ccccc3)cc2)c2ccc(C)c(C)c2)cc1. The van der Waals surface area contributed by atoms with E-state index in [9.17, 15) is 4.79 Å². The molecular formula is C30H27NO2. The maximum atomic E-state index is 11.4. The first-order chi connectivity index (χ1) is 16.0. The minimum absolute atomic E-state index is 0.366. The van der Waals surface area contributed by atoms with Crippen molar-refractivity contribution in [1.29, 1.82) is 0 Å². The molecule has 0 heterocycles. The molecule has 0 aliphatic rings. The van der Waals surface area contributed by atoms with Gasteiger partial charge < -0.3 is 9.64 Å². The quantitative estimate of drug-likeness (QED) is 0.231. The molecule has 0 aromatic heterocycles. The van der Waals surface area contributed by atoms with Crippen molar-refractivity contribution in [2.45, 2.75) is 13.8 Å². The number of ether oxygens (including phenoxy) is 1. The molecule has 0 N–H and O–H groups in total. The Morgan fingerprint density at radius 2 is 1.27 bits per heavy atom. The van der Waals surface area contributed by atoms with Crippen molar-refractivity contribution < 1.29 is 9.53 Å². The minimum Gasteiger partial charge on any atom is -0.466 e. The summed E-state index contributed by atoms with van der Waals surface area (Å²) < 4.78 is 4.68. The third-order valence-corrected chi connectivity index (χ3v) is 5.75. The predicted molar refractivity (Wildman–Crippen MR) is 137 cm³/mol. The fraction of sp³-hybridized carbons (Fsp3) is 0.100. The van der Waals surface area contributed by atoms with E-state index in [1.807, 2.05) is 18.2 Å². The van der Waals surface area contributed by atoms with Crippen LogP contribution in [0.15, 0.2) is 103 Å². The Balaban J connectivity index is 1.72. The van der Waals surface area contributed by atoms with Crippen molar-refractivity contribution in [3.8, 4) is 11.1 Å². The van der Waals surface area contributed by atoms with Crippen molar-refractivity contribution in [3.05, 3.63) is 120 Å². The summed E-state index contributed by atoms with van der Waals surface area (Å²) in [6.45, 7) is 4.26. The number of nitrogens with zero attached hydrogens (tertiary/aromatic N) is 1. The van der Waals surface area contributed by atoms with Crippen molar-refractivity contribution in [2.24, 2.45) is 0 Å². The second kappa shape index (κ2) is 10.0. The third kappa shape index (κ3) is 5.21. The summed E-state index contributed by atoms with van der Waals surface area (Å²) in [6.07, 6.45) is 3.18. The molecule has 164 valence electrons. The van der Waals surface area contributed by atoms with E-state index < -0.39 is 0 Å². The van der Waals surface area contributed by atoms with Crippen molar-refractivity contribution in [1.82, 2.24) is 0 Å². The van der Waals surface area contributed by atoms with Gasteiger partial charge in [0.2, 0.25) is 0 Å². The highest BCUT2D eigenvalue weighted by Gasteiger charge is 2.13. The number of carbonyl (C=O) groups is 1. The van der Waals surface area contributed by atoms with Crippen molar-refractivity contribution >= 4 is 29.1 Å². The van der Waals surface area contributed by atoms with Crippen LogP contribution >= 0.6 is 0 Å². The highest BCUT2D eigenvalue weighted by atomic mass is 16.5. The Hall–Kier alpha value is -4.11. The van der Waals surface area contributed by atoms with E-state index in [1.54, 1.807) is 6.08 Å². The second-order valence-corrected chi connectivity index (χ2v) is 7.96. The molecule has 0 bridgehead atoms. The Bertz CT molecular complexity index is 1260. The summed E-state index contributed by atoms with van der Waals surface area (Å²) in [6, 6.07) is 33.7. The molecule has 0 spiro atoms. The molecule has 0 fully saturated rings. The van der Waals surface area contributed by atoms with E-state index in [0.29, 0.717) is 0 Å². The number of aryl methyl sites for hydroxylation is 2. The van der Waals surface area contributed by atoms with Gasteiger partial charge in [-0.1, -0.05) is 60.7 Å². The molecule has 4 rings (SSSR count). The van der Waals surface area contributed by atoms with Crippen LogP contribution in [0.2, 0.25) is 0 Å². The van der Waals surface area contributed by atoms with Crippen LogP contribution in [-0.2, 0) is 9.53 Å². The average molecular weight is 434 g/mol. The normalized spacial score (nSPS) is 10.9. The lowest BCUT2D eigenvalue weighted by Gasteiger charge is -2.26. The van der Waals surface area contributed by atoms with E-state index in [0.717, 1.165) is 22.6 Å². The molecular weight excluding hydrogens is 406 g/mol. The first-order valence-corrected chi connectivity index (χ1v) is 10.9. The molecule has 0 radical (unpaired) electrons. The van der Waals surface area contributed by atoms with Gasteiger partial charge in [-0.15, -0.1) is 0 Å². The molecule has 4 aromatic rings. The summed E-state index contributed by atoms with van der Waals surface area (Å²) in [7, 11) is 1.38. The summed E-state index contributed by atoms with van der Waals surface area (Å²) in [5.74, 6) is -0.366. The van der Waals surface area contributed by atoms with E-state index in [4.69, 9.17) is 0 Å². The van der Waals surface area contributed by atoms with Crippen LogP contribution in [0.25, 0.3) is 17.2 Å². The lowest BCUT2D eigenvalue weighted by molar-refractivity contribution is -0.134. The minimum atomic E-state index is -0.366. The van der Waals surface area contributed by atoms with Gasteiger partial charge in [0.05, 0.1) is 7.11 Å². The zero-order valence-corrected chi connectivity index (χ0v) is 19.2. The van der Waals surface area contributed by atoms with E-state index in [2.05, 4.69) is 102 Å². The first-order valence-electron chi connectivity index (χ1n) is 10.9. The monoisotopic (exact) mass is 433 g/mol. The number of rotatable bonds is 6. The number of anilines is 3. The molecule has 33 heavy (non-hydrogen) atoms. The Morgan fingerprint density at radius 1 is 0.697 bits per heavy atom. The molecule has 4 aromatic carbocycles. The smallest absolute Gasteiger partial charge is 0.330 e. The van der Waals surface area contributed by atoms with Gasteiger partial charge in [0.1, 0.15) is 0 Å². The maximum absolute atomic E-state index is 11.4. The summed E-state index contributed by atoms with van der Waals surface area (Å²) in [5.41, 5.74) is 9.05. The van der Waals surface area contributed by atoms with Gasteiger partial charge in [0.25, 0.3) is 0 Å². The fourth-order valence-corrected chi connectivity index (χ4v) is 3.71. The molecule has 0 saturated heterocycles. The van der Waals surface area contributed by atoms with Gasteiger partial charge >= 0.3 is 5.97 Å². The number of benzene rings is 4. The molecule has 3 nitrogen and oxygen atoms in total. The lowest BCUT2D eigenvalue weighted by atomic mass is 10.0. The largest absolute Gasteiger partial charge is 0.466 e. The van der Waals surface area contributed by atoms with Crippen LogP contribution in [0.1, 0.15) is 16.7 Å². The number of hydrogen-bond acceptors (Lipinski definition) is 3. The topological polar surface area (TPSA) is 29.5 Å². The van der Waals surface area contributed by atoms with Crippen LogP contribution in [0.5, 0.6) is 0 Å². The predicted octanol–water partition coefficient (Wildman–Crippen LogP) is 7.63. The Labute approximate surface area is 195 Å². The molecule has 0 atom stereocenters. The van der Waals surface area contributed by atoms with E-state index >= 15 is 0 Å². The van der Waals surface area contributed by atoms with Gasteiger partial charge in [-0.2, -0.15) is 0 Å². The second-order valence-electron chi connectivity index (χ2n) is 7.96. The molecule has 0 aliphatic heterocycles. The summed E-state index contributed by atoms with van der Waals surface area (Å²) in [4.78, 5) is 13.6. The number of esters is 1. The Morgan fingerprint density at radius 3 is 1.88 bits per heavy atom. The average Bonchev–Trinajstić information content (AvgIpc) is 2.86. The van der Waals surface area contributed by atoms with E-state index in [1.165, 1.54) is 35.4 Å². The van der Waals surface area contributed by atoms with Crippen LogP contribution < -0.4 is 4.90 Å².